The van der Waals surface area contributed by atoms with E-state index in [4.69, 9.17) is 5.11 Å². The van der Waals surface area contributed by atoms with E-state index in [-0.39, 0.29) is 11.4 Å². The number of H-pyrrole nitrogens is 1. The number of fused-ring (bicyclic) bond motifs is 1. The molecule has 15 heavy (non-hydrogen) atoms. The molecule has 2 N–H and O–H groups in total. The molecule has 0 aliphatic carbocycles. The van der Waals surface area contributed by atoms with Gasteiger partial charge in [0.15, 0.2) is 5.78 Å². The number of aromatic amines is 1. The van der Waals surface area contributed by atoms with Crippen LogP contribution < -0.4 is 0 Å². The summed E-state index contributed by atoms with van der Waals surface area (Å²) < 4.78 is 0. The number of aliphatic hydroxyl groups excluding tert-OH is 1. The van der Waals surface area contributed by atoms with Crippen molar-refractivity contribution >= 4 is 22.4 Å². The van der Waals surface area contributed by atoms with Crippen molar-refractivity contribution in [2.45, 2.75) is 6.92 Å². The van der Waals surface area contributed by atoms with Crippen LogP contribution in [0.1, 0.15) is 12.6 Å². The zero-order valence-corrected chi connectivity index (χ0v) is 8.06. The molecule has 2 rings (SSSR count). The number of carbonyl (C=O) groups is 1. The summed E-state index contributed by atoms with van der Waals surface area (Å²) in [6.07, 6.45) is 3.83. The van der Waals surface area contributed by atoms with Gasteiger partial charge in [-0.25, -0.2) is 9.97 Å². The number of hydrogen-bond donors (Lipinski definition) is 2. The second-order valence-electron chi connectivity index (χ2n) is 3.06. The molecule has 0 aliphatic heterocycles. The lowest BCUT2D eigenvalue weighted by atomic mass is 10.1. The summed E-state index contributed by atoms with van der Waals surface area (Å²) in [4.78, 5) is 22.1. The van der Waals surface area contributed by atoms with E-state index in [1.165, 1.54) is 13.3 Å². The molecule has 0 atom stereocenters. The standard InChI is InChI=1S/C10H9N3O2/c1-6(15)8(4-14)9-7-2-3-11-10(7)13-5-12-9/h2-5,14H,1H3,(H,11,12,13). The van der Waals surface area contributed by atoms with Crippen LogP contribution in [0.4, 0.5) is 0 Å². The van der Waals surface area contributed by atoms with Crippen molar-refractivity contribution in [3.8, 4) is 0 Å². The molecule has 5 heteroatoms. The monoisotopic (exact) mass is 203 g/mol. The number of carbonyl (C=O) groups excluding carboxylic acids is 1. The Kier molecular flexibility index (Phi) is 2.21. The van der Waals surface area contributed by atoms with Crippen LogP contribution in [-0.4, -0.2) is 25.8 Å². The number of ketones is 1. The first-order valence-corrected chi connectivity index (χ1v) is 4.38. The number of nitrogens with zero attached hydrogens (tertiary/aromatic N) is 2. The molecule has 0 unspecified atom stereocenters. The summed E-state index contributed by atoms with van der Waals surface area (Å²) in [6, 6.07) is 1.76. The van der Waals surface area contributed by atoms with Crippen molar-refractivity contribution in [3.05, 3.63) is 30.5 Å². The molecular weight excluding hydrogens is 194 g/mol. The molecule has 0 fully saturated rings. The Hall–Kier alpha value is -2.17. The van der Waals surface area contributed by atoms with Crippen molar-refractivity contribution in [1.82, 2.24) is 15.0 Å². The van der Waals surface area contributed by atoms with Gasteiger partial charge in [-0.2, -0.15) is 0 Å². The molecule has 0 saturated carbocycles. The number of rotatable bonds is 2. The van der Waals surface area contributed by atoms with E-state index in [1.54, 1.807) is 12.3 Å². The summed E-state index contributed by atoms with van der Waals surface area (Å²) >= 11 is 0. The van der Waals surface area contributed by atoms with E-state index in [0.29, 0.717) is 16.7 Å². The molecular formula is C10H9N3O2. The SMILES string of the molecule is CC(=O)C(=CO)c1ncnc2[nH]ccc12. The zero-order valence-electron chi connectivity index (χ0n) is 8.06. The Morgan fingerprint density at radius 3 is 3.00 bits per heavy atom. The Bertz CT molecular complexity index is 542. The number of Topliss-reactive ketones (excluding diaryl/α,β-unsaturated/α-hetero) is 1. The van der Waals surface area contributed by atoms with Crippen LogP contribution in [0.5, 0.6) is 0 Å². The summed E-state index contributed by atoms with van der Waals surface area (Å²) in [5.74, 6) is -0.237. The first-order chi connectivity index (χ1) is 7.24. The minimum absolute atomic E-state index is 0.182. The number of aliphatic hydroxyl groups is 1. The van der Waals surface area contributed by atoms with Gasteiger partial charge >= 0.3 is 0 Å². The molecule has 5 nitrogen and oxygen atoms in total. The summed E-state index contributed by atoms with van der Waals surface area (Å²) in [5, 5.41) is 9.71. The van der Waals surface area contributed by atoms with Crippen molar-refractivity contribution in [2.75, 3.05) is 0 Å². The predicted octanol–water partition coefficient (Wildman–Crippen LogP) is 1.45. The molecule has 2 aromatic heterocycles. The van der Waals surface area contributed by atoms with E-state index in [2.05, 4.69) is 15.0 Å². The van der Waals surface area contributed by atoms with Crippen molar-refractivity contribution in [3.63, 3.8) is 0 Å². The van der Waals surface area contributed by atoms with Crippen LogP contribution in [0.15, 0.2) is 24.9 Å². The molecule has 0 bridgehead atoms. The number of allylic oxidation sites excluding steroid dienone is 1. The fourth-order valence-corrected chi connectivity index (χ4v) is 1.41. The topological polar surface area (TPSA) is 78.9 Å². The third kappa shape index (κ3) is 1.48. The molecule has 2 heterocycles. The maximum Gasteiger partial charge on any atom is 0.165 e. The lowest BCUT2D eigenvalue weighted by Crippen LogP contribution is -2.00. The van der Waals surface area contributed by atoms with Gasteiger partial charge in [0, 0.05) is 11.6 Å². The zero-order chi connectivity index (χ0) is 10.8. The van der Waals surface area contributed by atoms with E-state index < -0.39 is 0 Å². The van der Waals surface area contributed by atoms with E-state index in [1.807, 2.05) is 0 Å². The molecule has 0 amide bonds. The van der Waals surface area contributed by atoms with Crippen LogP contribution in [0, 0.1) is 0 Å². The predicted molar refractivity (Wildman–Crippen MR) is 55.2 cm³/mol. The van der Waals surface area contributed by atoms with E-state index >= 15 is 0 Å². The lowest BCUT2D eigenvalue weighted by Gasteiger charge is -2.01. The second kappa shape index (κ2) is 3.53. The number of nitrogens with one attached hydrogen (secondary N) is 1. The maximum atomic E-state index is 11.2. The smallest absolute Gasteiger partial charge is 0.165 e. The third-order valence-corrected chi connectivity index (χ3v) is 2.12. The summed E-state index contributed by atoms with van der Waals surface area (Å²) in [7, 11) is 0. The quantitative estimate of drug-likeness (QED) is 0.571. The molecule has 0 radical (unpaired) electrons. The van der Waals surface area contributed by atoms with E-state index in [0.717, 1.165) is 6.26 Å². The molecule has 2 aromatic rings. The average molecular weight is 203 g/mol. The lowest BCUT2D eigenvalue weighted by molar-refractivity contribution is -0.111. The van der Waals surface area contributed by atoms with E-state index in [9.17, 15) is 4.79 Å². The minimum atomic E-state index is -0.237. The highest BCUT2D eigenvalue weighted by Gasteiger charge is 2.13. The largest absolute Gasteiger partial charge is 0.515 e. The van der Waals surface area contributed by atoms with Gasteiger partial charge in [-0.1, -0.05) is 0 Å². The Morgan fingerprint density at radius 1 is 1.53 bits per heavy atom. The normalized spacial score (nSPS) is 11.9. The third-order valence-electron chi connectivity index (χ3n) is 2.12. The van der Waals surface area contributed by atoms with Crippen LogP contribution in [0.25, 0.3) is 16.6 Å². The van der Waals surface area contributed by atoms with Crippen LogP contribution in [0.2, 0.25) is 0 Å². The van der Waals surface area contributed by atoms with Crippen LogP contribution in [-0.2, 0) is 4.79 Å². The first kappa shape index (κ1) is 9.39. The highest BCUT2D eigenvalue weighted by Crippen LogP contribution is 2.20. The van der Waals surface area contributed by atoms with Crippen LogP contribution >= 0.6 is 0 Å². The Labute approximate surface area is 85.5 Å². The van der Waals surface area contributed by atoms with Gasteiger partial charge in [0.1, 0.15) is 12.0 Å². The fourth-order valence-electron chi connectivity index (χ4n) is 1.41. The second-order valence-corrected chi connectivity index (χ2v) is 3.06. The maximum absolute atomic E-state index is 11.2. The van der Waals surface area contributed by atoms with Crippen molar-refractivity contribution in [1.29, 1.82) is 0 Å². The number of hydrogen-bond acceptors (Lipinski definition) is 4. The molecule has 0 aliphatic rings. The Balaban J connectivity index is 2.70. The fraction of sp³-hybridized carbons (Fsp3) is 0.100. The highest BCUT2D eigenvalue weighted by molar-refractivity contribution is 6.21. The van der Waals surface area contributed by atoms with Crippen LogP contribution in [0.3, 0.4) is 0 Å². The summed E-state index contributed by atoms with van der Waals surface area (Å²) in [5.41, 5.74) is 1.26. The summed E-state index contributed by atoms with van der Waals surface area (Å²) in [6.45, 7) is 1.38. The van der Waals surface area contributed by atoms with Gasteiger partial charge < -0.3 is 10.1 Å². The average Bonchev–Trinajstić information content (AvgIpc) is 2.66. The Morgan fingerprint density at radius 2 is 2.33 bits per heavy atom. The van der Waals surface area contributed by atoms with Gasteiger partial charge in [0.05, 0.1) is 17.5 Å². The number of aromatic nitrogens is 3. The molecule has 0 spiro atoms. The molecule has 0 saturated heterocycles. The van der Waals surface area contributed by atoms with Crippen molar-refractivity contribution < 1.29 is 9.90 Å². The van der Waals surface area contributed by atoms with Gasteiger partial charge in [-0.05, 0) is 13.0 Å². The van der Waals surface area contributed by atoms with Crippen molar-refractivity contribution in [2.24, 2.45) is 0 Å². The molecule has 76 valence electrons. The van der Waals surface area contributed by atoms with Gasteiger partial charge in [0.2, 0.25) is 0 Å². The first-order valence-electron chi connectivity index (χ1n) is 4.38. The molecule has 0 aromatic carbocycles. The van der Waals surface area contributed by atoms with Gasteiger partial charge in [-0.3, -0.25) is 4.79 Å². The van der Waals surface area contributed by atoms with Gasteiger partial charge in [-0.15, -0.1) is 0 Å². The highest BCUT2D eigenvalue weighted by atomic mass is 16.2. The van der Waals surface area contributed by atoms with Gasteiger partial charge in [0.25, 0.3) is 0 Å². The minimum Gasteiger partial charge on any atom is -0.515 e.